The average molecular weight is 515 g/mol. The molecule has 0 saturated carbocycles. The minimum absolute atomic E-state index is 0.0950. The number of aliphatic imine (C=N–C) groups is 1. The molecular formula is C23H21BrN3O4S-. The normalized spacial score (nSPS) is 14.9. The molecule has 9 heteroatoms. The van der Waals surface area contributed by atoms with Gasteiger partial charge in [-0.25, -0.2) is 8.42 Å². The Morgan fingerprint density at radius 1 is 0.969 bits per heavy atom. The molecule has 3 aromatic rings. The number of halogens is 1. The second-order valence-corrected chi connectivity index (χ2v) is 9.71. The maximum absolute atomic E-state index is 13.1. The van der Waals surface area contributed by atoms with E-state index in [0.717, 1.165) is 10.2 Å². The van der Waals surface area contributed by atoms with Crippen molar-refractivity contribution in [2.45, 2.75) is 4.90 Å². The van der Waals surface area contributed by atoms with Crippen LogP contribution in [0.2, 0.25) is 0 Å². The van der Waals surface area contributed by atoms with E-state index in [4.69, 9.17) is 4.74 Å². The van der Waals surface area contributed by atoms with Crippen molar-refractivity contribution in [3.8, 4) is 0 Å². The van der Waals surface area contributed by atoms with Crippen LogP contribution in [0, 0.1) is 0 Å². The van der Waals surface area contributed by atoms with Gasteiger partial charge in [0.15, 0.2) is 0 Å². The molecule has 1 heterocycles. The molecule has 0 bridgehead atoms. The van der Waals surface area contributed by atoms with Crippen molar-refractivity contribution in [2.75, 3.05) is 35.9 Å². The molecule has 166 valence electrons. The van der Waals surface area contributed by atoms with E-state index in [1.165, 1.54) is 12.1 Å². The van der Waals surface area contributed by atoms with Crippen LogP contribution in [0.15, 0.2) is 87.2 Å². The van der Waals surface area contributed by atoms with Gasteiger partial charge in [0, 0.05) is 23.1 Å². The Balaban J connectivity index is 1.66. The molecule has 1 fully saturated rings. The minimum atomic E-state index is -3.87. The zero-order valence-corrected chi connectivity index (χ0v) is 19.5. The van der Waals surface area contributed by atoms with Crippen molar-refractivity contribution >= 4 is 48.9 Å². The average Bonchev–Trinajstić information content (AvgIpc) is 2.80. The van der Waals surface area contributed by atoms with Crippen LogP contribution >= 0.6 is 15.9 Å². The second kappa shape index (κ2) is 9.72. The zero-order chi connectivity index (χ0) is 22.6. The molecule has 7 nitrogen and oxygen atoms in total. The Morgan fingerprint density at radius 2 is 1.62 bits per heavy atom. The van der Waals surface area contributed by atoms with Gasteiger partial charge in [-0.05, 0) is 48.4 Å². The van der Waals surface area contributed by atoms with Crippen LogP contribution in [-0.4, -0.2) is 40.6 Å². The molecule has 0 atom stereocenters. The third-order valence-electron chi connectivity index (χ3n) is 4.98. The van der Waals surface area contributed by atoms with Crippen LogP contribution < -0.4 is 14.7 Å². The summed E-state index contributed by atoms with van der Waals surface area (Å²) >= 11 is 3.29. The number of nitrogens with one attached hydrogen (secondary N) is 1. The first-order chi connectivity index (χ1) is 15.4. The summed E-state index contributed by atoms with van der Waals surface area (Å²) in [4.78, 5) is 6.53. The number of para-hydroxylation sites is 3. The molecule has 0 radical (unpaired) electrons. The maximum atomic E-state index is 13.1. The molecule has 32 heavy (non-hydrogen) atoms. The lowest BCUT2D eigenvalue weighted by Crippen LogP contribution is -2.36. The van der Waals surface area contributed by atoms with Gasteiger partial charge in [-0.1, -0.05) is 46.3 Å². The predicted molar refractivity (Wildman–Crippen MR) is 127 cm³/mol. The zero-order valence-electron chi connectivity index (χ0n) is 17.1. The fourth-order valence-corrected chi connectivity index (χ4v) is 4.72. The van der Waals surface area contributed by atoms with Crippen LogP contribution in [-0.2, 0) is 14.8 Å². The molecular weight excluding hydrogens is 494 g/mol. The molecule has 1 saturated heterocycles. The summed E-state index contributed by atoms with van der Waals surface area (Å²) < 4.78 is 34.3. The maximum Gasteiger partial charge on any atom is 0.261 e. The van der Waals surface area contributed by atoms with Gasteiger partial charge < -0.3 is 14.7 Å². The summed E-state index contributed by atoms with van der Waals surface area (Å²) in [5.41, 5.74) is 1.72. The lowest BCUT2D eigenvalue weighted by atomic mass is 10.1. The van der Waals surface area contributed by atoms with Gasteiger partial charge in [-0.2, -0.15) is 0 Å². The predicted octanol–water partition coefficient (Wildman–Crippen LogP) is 3.53. The van der Waals surface area contributed by atoms with E-state index >= 15 is 0 Å². The first kappa shape index (κ1) is 22.3. The first-order valence-electron chi connectivity index (χ1n) is 9.99. The number of rotatable bonds is 6. The van der Waals surface area contributed by atoms with E-state index in [-0.39, 0.29) is 16.1 Å². The summed E-state index contributed by atoms with van der Waals surface area (Å²) in [5, 5.41) is 13.1. The van der Waals surface area contributed by atoms with Crippen LogP contribution in [0.1, 0.15) is 5.56 Å². The summed E-state index contributed by atoms with van der Waals surface area (Å²) in [6.07, 6.45) is 0. The van der Waals surface area contributed by atoms with Crippen LogP contribution in [0.25, 0.3) is 0 Å². The molecule has 1 aliphatic rings. The van der Waals surface area contributed by atoms with Gasteiger partial charge >= 0.3 is 0 Å². The number of hydrogen-bond donors (Lipinski definition) is 1. The fraction of sp³-hybridized carbons (Fsp3) is 0.174. The van der Waals surface area contributed by atoms with E-state index in [2.05, 4.69) is 30.5 Å². The third-order valence-corrected chi connectivity index (χ3v) is 6.89. The number of benzene rings is 3. The highest BCUT2D eigenvalue weighted by molar-refractivity contribution is 9.10. The molecule has 1 N–H and O–H groups in total. The van der Waals surface area contributed by atoms with E-state index in [9.17, 15) is 13.5 Å². The Hall–Kier alpha value is -2.88. The van der Waals surface area contributed by atoms with Gasteiger partial charge in [0.1, 0.15) is 0 Å². The minimum Gasteiger partial charge on any atom is -0.858 e. The third kappa shape index (κ3) is 5.12. The first-order valence-corrected chi connectivity index (χ1v) is 12.3. The summed E-state index contributed by atoms with van der Waals surface area (Å²) in [6.45, 7) is 2.65. The molecule has 0 spiro atoms. The number of nitrogens with zero attached hydrogens (tertiary/aromatic N) is 2. The number of ether oxygens (including phenoxy) is 1. The highest BCUT2D eigenvalue weighted by Crippen LogP contribution is 2.30. The van der Waals surface area contributed by atoms with Gasteiger partial charge in [-0.15, -0.1) is 0 Å². The summed E-state index contributed by atoms with van der Waals surface area (Å²) in [7, 11) is -3.87. The number of anilines is 2. The van der Waals surface area contributed by atoms with E-state index in [0.29, 0.717) is 32.0 Å². The van der Waals surface area contributed by atoms with E-state index in [1.54, 1.807) is 42.5 Å². The lowest BCUT2D eigenvalue weighted by Gasteiger charge is -2.30. The van der Waals surface area contributed by atoms with Crippen LogP contribution in [0.5, 0.6) is 0 Å². The number of sulfonamides is 1. The second-order valence-electron chi connectivity index (χ2n) is 7.11. The van der Waals surface area contributed by atoms with E-state index < -0.39 is 15.9 Å². The monoisotopic (exact) mass is 514 g/mol. The Morgan fingerprint density at radius 3 is 2.38 bits per heavy atom. The highest BCUT2D eigenvalue weighted by Gasteiger charge is 2.17. The Labute approximate surface area is 195 Å². The van der Waals surface area contributed by atoms with Gasteiger partial charge in [0.25, 0.3) is 10.0 Å². The van der Waals surface area contributed by atoms with Gasteiger partial charge in [-0.3, -0.25) is 9.71 Å². The quantitative estimate of drug-likeness (QED) is 0.401. The van der Waals surface area contributed by atoms with Crippen LogP contribution in [0.4, 0.5) is 17.1 Å². The number of hydrogen-bond acceptors (Lipinski definition) is 6. The standard InChI is InChI=1S/C23H22BrN3O4S/c24-17-9-11-18(12-10-17)32(29,30)26-20-6-2-1-5-19(20)23(28)25-21-7-3-4-8-22(21)27-13-15-31-16-14-27/h1-12,26H,13-16H2,(H,25,28)/p-1. The molecule has 3 aromatic carbocycles. The summed E-state index contributed by atoms with van der Waals surface area (Å²) in [6, 6.07) is 20.1. The molecule has 0 amide bonds. The largest absolute Gasteiger partial charge is 0.858 e. The molecule has 0 unspecified atom stereocenters. The topological polar surface area (TPSA) is 94.1 Å². The highest BCUT2D eigenvalue weighted by atomic mass is 79.9. The van der Waals surface area contributed by atoms with Crippen molar-refractivity contribution in [2.24, 2.45) is 4.99 Å². The van der Waals surface area contributed by atoms with Gasteiger partial charge in [0.2, 0.25) is 0 Å². The van der Waals surface area contributed by atoms with E-state index in [1.807, 2.05) is 18.2 Å². The lowest BCUT2D eigenvalue weighted by molar-refractivity contribution is -0.212. The van der Waals surface area contributed by atoms with Crippen molar-refractivity contribution in [1.29, 1.82) is 0 Å². The molecule has 0 aromatic heterocycles. The smallest absolute Gasteiger partial charge is 0.261 e. The van der Waals surface area contributed by atoms with Crippen molar-refractivity contribution in [3.05, 3.63) is 82.8 Å². The van der Waals surface area contributed by atoms with Gasteiger partial charge in [0.05, 0.1) is 35.2 Å². The molecule has 1 aliphatic heterocycles. The SMILES string of the molecule is O=S(=O)(Nc1ccccc1C([O-])=Nc1ccccc1N1CCOCC1)c1ccc(Br)cc1. The van der Waals surface area contributed by atoms with Crippen molar-refractivity contribution < 1.29 is 18.3 Å². The fourth-order valence-electron chi connectivity index (χ4n) is 3.38. The number of morpholine rings is 1. The Bertz CT molecular complexity index is 1220. The van der Waals surface area contributed by atoms with Crippen LogP contribution in [0.3, 0.4) is 0 Å². The Kier molecular flexibility index (Phi) is 6.78. The molecule has 4 rings (SSSR count). The summed E-state index contributed by atoms with van der Waals surface area (Å²) in [5.74, 6) is -0.528. The van der Waals surface area contributed by atoms with Crippen molar-refractivity contribution in [3.63, 3.8) is 0 Å². The molecule has 0 aliphatic carbocycles. The van der Waals surface area contributed by atoms with Crippen molar-refractivity contribution in [1.82, 2.24) is 0 Å².